The number of sulfonamides is 1. The molecule has 176 valence electrons. The van der Waals surface area contributed by atoms with Gasteiger partial charge in [-0.3, -0.25) is 9.59 Å². The number of carbonyl (C=O) groups is 2. The van der Waals surface area contributed by atoms with Crippen molar-refractivity contribution in [1.29, 1.82) is 0 Å². The third-order valence-electron chi connectivity index (χ3n) is 5.50. The Labute approximate surface area is 191 Å². The van der Waals surface area contributed by atoms with Crippen molar-refractivity contribution >= 4 is 21.8 Å². The van der Waals surface area contributed by atoms with E-state index in [0.717, 1.165) is 5.56 Å². The molecule has 0 atom stereocenters. The monoisotopic (exact) mass is 475 g/mol. The lowest BCUT2D eigenvalue weighted by Gasteiger charge is -2.34. The number of nitrogens with two attached hydrogens (primary N) is 1. The summed E-state index contributed by atoms with van der Waals surface area (Å²) in [6.07, 6.45) is 0. The van der Waals surface area contributed by atoms with Gasteiger partial charge in [0.2, 0.25) is 10.0 Å². The van der Waals surface area contributed by atoms with Crippen molar-refractivity contribution in [1.82, 2.24) is 9.21 Å². The molecule has 2 aromatic rings. The predicted molar refractivity (Wildman–Crippen MR) is 118 cm³/mol. The summed E-state index contributed by atoms with van der Waals surface area (Å²) in [5.74, 6) is 0.220. The minimum atomic E-state index is -3.74. The van der Waals surface area contributed by atoms with E-state index in [9.17, 15) is 18.0 Å². The molecule has 0 radical (unpaired) electrons. The van der Waals surface area contributed by atoms with Crippen LogP contribution < -0.4 is 19.9 Å². The second-order valence-electron chi connectivity index (χ2n) is 7.74. The Kier molecular flexibility index (Phi) is 6.43. The van der Waals surface area contributed by atoms with Crippen molar-refractivity contribution in [2.45, 2.75) is 11.8 Å². The first kappa shape index (κ1) is 22.9. The summed E-state index contributed by atoms with van der Waals surface area (Å²) in [6.45, 7) is 3.10. The summed E-state index contributed by atoms with van der Waals surface area (Å²) < 4.78 is 43.9. The molecule has 2 aliphatic rings. The van der Waals surface area contributed by atoms with Gasteiger partial charge in [0.05, 0.1) is 10.5 Å². The average molecular weight is 476 g/mol. The average Bonchev–Trinajstić information content (AvgIpc) is 2.82. The maximum Gasteiger partial charge on any atom is 0.260 e. The van der Waals surface area contributed by atoms with Crippen molar-refractivity contribution in [2.75, 3.05) is 46.0 Å². The number of fused-ring (bicyclic) bond motifs is 1. The minimum absolute atomic E-state index is 0.119. The number of aryl methyl sites for hydroxylation is 1. The number of hydrogen-bond donors (Lipinski definition) is 1. The predicted octanol–water partition coefficient (Wildman–Crippen LogP) is 0.777. The molecule has 11 heteroatoms. The van der Waals surface area contributed by atoms with Crippen molar-refractivity contribution in [2.24, 2.45) is 5.73 Å². The number of carbonyl (C=O) groups excluding carboxylic acids is 2. The zero-order chi connectivity index (χ0) is 23.6. The van der Waals surface area contributed by atoms with Crippen molar-refractivity contribution in [3.63, 3.8) is 0 Å². The van der Waals surface area contributed by atoms with Crippen molar-refractivity contribution in [3.8, 4) is 17.2 Å². The summed E-state index contributed by atoms with van der Waals surface area (Å²) >= 11 is 0. The Morgan fingerprint density at radius 1 is 1.00 bits per heavy atom. The molecule has 2 amide bonds. The lowest BCUT2D eigenvalue weighted by atomic mass is 10.1. The zero-order valence-corrected chi connectivity index (χ0v) is 19.0. The van der Waals surface area contributed by atoms with E-state index in [1.54, 1.807) is 24.3 Å². The fourth-order valence-electron chi connectivity index (χ4n) is 3.69. The normalized spacial score (nSPS) is 16.3. The molecule has 1 fully saturated rings. The summed E-state index contributed by atoms with van der Waals surface area (Å²) in [5, 5.41) is 0. The van der Waals surface area contributed by atoms with Crippen LogP contribution in [0.25, 0.3) is 0 Å². The Bertz CT molecular complexity index is 1170. The number of hydrogen-bond acceptors (Lipinski definition) is 7. The van der Waals surface area contributed by atoms with Gasteiger partial charge in [-0.1, -0.05) is 6.07 Å². The standard InChI is InChI=1S/C22H25N3O7S/c1-15-2-4-17(22(23)27)19(12-15)32-14-21(26)24-6-8-25(9-7-24)33(28,29)16-3-5-18-20(13-16)31-11-10-30-18/h2-5,12-13H,6-11,14H2,1H3,(H2,23,27). The second-order valence-corrected chi connectivity index (χ2v) is 9.68. The van der Waals surface area contributed by atoms with Crippen LogP contribution in [0.1, 0.15) is 15.9 Å². The number of ether oxygens (including phenoxy) is 3. The lowest BCUT2D eigenvalue weighted by Crippen LogP contribution is -2.51. The van der Waals surface area contributed by atoms with Crippen LogP contribution in [-0.4, -0.2) is 75.4 Å². The van der Waals surface area contributed by atoms with Crippen LogP contribution in [0, 0.1) is 6.92 Å². The molecule has 10 nitrogen and oxygen atoms in total. The molecule has 2 aromatic carbocycles. The minimum Gasteiger partial charge on any atom is -0.486 e. The van der Waals surface area contributed by atoms with Crippen LogP contribution >= 0.6 is 0 Å². The van der Waals surface area contributed by atoms with Gasteiger partial charge in [0.25, 0.3) is 11.8 Å². The molecule has 0 saturated carbocycles. The largest absolute Gasteiger partial charge is 0.486 e. The van der Waals surface area contributed by atoms with Crippen LogP contribution in [0.4, 0.5) is 0 Å². The van der Waals surface area contributed by atoms with Gasteiger partial charge in [-0.2, -0.15) is 4.31 Å². The third kappa shape index (κ3) is 4.88. The first-order valence-electron chi connectivity index (χ1n) is 10.5. The Balaban J connectivity index is 1.36. The van der Waals surface area contributed by atoms with Crippen LogP contribution in [0.2, 0.25) is 0 Å². The molecule has 1 saturated heterocycles. The van der Waals surface area contributed by atoms with Crippen LogP contribution in [-0.2, 0) is 14.8 Å². The third-order valence-corrected chi connectivity index (χ3v) is 7.39. The van der Waals surface area contributed by atoms with Gasteiger partial charge in [-0.05, 0) is 36.8 Å². The Morgan fingerprint density at radius 2 is 1.70 bits per heavy atom. The highest BCUT2D eigenvalue weighted by Gasteiger charge is 2.31. The number of piperazine rings is 1. The quantitative estimate of drug-likeness (QED) is 0.654. The van der Waals surface area contributed by atoms with Gasteiger partial charge in [0.1, 0.15) is 19.0 Å². The van der Waals surface area contributed by atoms with E-state index in [1.165, 1.54) is 21.3 Å². The molecule has 0 aliphatic carbocycles. The summed E-state index contributed by atoms with van der Waals surface area (Å²) in [5.41, 5.74) is 6.42. The van der Waals surface area contributed by atoms with Crippen LogP contribution in [0.5, 0.6) is 17.2 Å². The molecule has 4 rings (SSSR count). The SMILES string of the molecule is Cc1ccc(C(N)=O)c(OCC(=O)N2CCN(S(=O)(=O)c3ccc4c(c3)OCCO4)CC2)c1. The summed E-state index contributed by atoms with van der Waals surface area (Å²) in [7, 11) is -3.74. The lowest BCUT2D eigenvalue weighted by molar-refractivity contribution is -0.134. The highest BCUT2D eigenvalue weighted by atomic mass is 32.2. The molecular formula is C22H25N3O7S. The van der Waals surface area contributed by atoms with E-state index in [4.69, 9.17) is 19.9 Å². The summed E-state index contributed by atoms with van der Waals surface area (Å²) in [6, 6.07) is 9.48. The fraction of sp³-hybridized carbons (Fsp3) is 0.364. The van der Waals surface area contributed by atoms with Gasteiger partial charge in [0.15, 0.2) is 18.1 Å². The van der Waals surface area contributed by atoms with E-state index in [1.807, 2.05) is 6.92 Å². The van der Waals surface area contributed by atoms with E-state index in [-0.39, 0.29) is 54.9 Å². The van der Waals surface area contributed by atoms with Crippen LogP contribution in [0.15, 0.2) is 41.3 Å². The topological polar surface area (TPSA) is 128 Å². The Morgan fingerprint density at radius 3 is 2.39 bits per heavy atom. The first-order chi connectivity index (χ1) is 15.8. The molecule has 2 heterocycles. The molecule has 0 bridgehead atoms. The maximum atomic E-state index is 13.1. The van der Waals surface area contributed by atoms with Gasteiger partial charge in [0, 0.05) is 32.2 Å². The second kappa shape index (κ2) is 9.28. The van der Waals surface area contributed by atoms with Gasteiger partial charge in [-0.15, -0.1) is 0 Å². The fourth-order valence-corrected chi connectivity index (χ4v) is 5.13. The number of rotatable bonds is 6. The van der Waals surface area contributed by atoms with E-state index in [0.29, 0.717) is 24.7 Å². The van der Waals surface area contributed by atoms with E-state index >= 15 is 0 Å². The van der Waals surface area contributed by atoms with Gasteiger partial charge in [-0.25, -0.2) is 8.42 Å². The number of primary amides is 1. The van der Waals surface area contributed by atoms with E-state index in [2.05, 4.69) is 0 Å². The van der Waals surface area contributed by atoms with Crippen LogP contribution in [0.3, 0.4) is 0 Å². The number of benzene rings is 2. The Hall–Kier alpha value is -3.31. The molecular weight excluding hydrogens is 450 g/mol. The van der Waals surface area contributed by atoms with Crippen molar-refractivity contribution < 1.29 is 32.2 Å². The van der Waals surface area contributed by atoms with Gasteiger partial charge >= 0.3 is 0 Å². The smallest absolute Gasteiger partial charge is 0.260 e. The summed E-state index contributed by atoms with van der Waals surface area (Å²) in [4.78, 5) is 25.8. The first-order valence-corrected chi connectivity index (χ1v) is 11.9. The molecule has 2 aliphatic heterocycles. The molecule has 0 unspecified atom stereocenters. The van der Waals surface area contributed by atoms with Crippen molar-refractivity contribution in [3.05, 3.63) is 47.5 Å². The molecule has 2 N–H and O–H groups in total. The number of amides is 2. The van der Waals surface area contributed by atoms with Gasteiger partial charge < -0.3 is 24.8 Å². The zero-order valence-electron chi connectivity index (χ0n) is 18.2. The molecule has 0 aromatic heterocycles. The van der Waals surface area contributed by atoms with E-state index < -0.39 is 15.9 Å². The molecule has 0 spiro atoms. The highest BCUT2D eigenvalue weighted by molar-refractivity contribution is 7.89. The maximum absolute atomic E-state index is 13.1. The number of nitrogens with zero attached hydrogens (tertiary/aromatic N) is 2. The molecule has 33 heavy (non-hydrogen) atoms. The highest BCUT2D eigenvalue weighted by Crippen LogP contribution is 2.33.